The summed E-state index contributed by atoms with van der Waals surface area (Å²) in [6.07, 6.45) is 1.54. The van der Waals surface area contributed by atoms with Crippen LogP contribution in [0.25, 0.3) is 0 Å². The Kier molecular flexibility index (Phi) is 5.13. The number of amides is 1. The maximum atomic E-state index is 12.5. The molecular formula is C18H29N6O2+. The fraction of sp³-hybridized carbons (Fsp3) is 0.667. The minimum Gasteiger partial charge on any atom is -0.459 e. The lowest BCUT2D eigenvalue weighted by atomic mass is 9.99. The van der Waals surface area contributed by atoms with E-state index in [1.54, 1.807) is 12.1 Å². The van der Waals surface area contributed by atoms with Gasteiger partial charge in [-0.05, 0) is 43.3 Å². The number of nitrogens with one attached hydrogen (secondary N) is 1. The van der Waals surface area contributed by atoms with Crippen molar-refractivity contribution in [1.82, 2.24) is 25.1 Å². The van der Waals surface area contributed by atoms with Gasteiger partial charge in [-0.1, -0.05) is 13.8 Å². The van der Waals surface area contributed by atoms with Crippen LogP contribution in [0.1, 0.15) is 57.0 Å². The molecule has 3 heterocycles. The Morgan fingerprint density at radius 3 is 2.50 bits per heavy atom. The molecule has 26 heavy (non-hydrogen) atoms. The van der Waals surface area contributed by atoms with E-state index >= 15 is 0 Å². The Morgan fingerprint density at radius 1 is 1.27 bits per heavy atom. The molecule has 1 aliphatic heterocycles. The van der Waals surface area contributed by atoms with Crippen molar-refractivity contribution in [2.75, 3.05) is 26.2 Å². The topological polar surface area (TPSA) is 81.5 Å². The van der Waals surface area contributed by atoms with Gasteiger partial charge in [-0.3, -0.25) is 4.79 Å². The van der Waals surface area contributed by atoms with E-state index in [0.717, 1.165) is 18.9 Å². The fourth-order valence-corrected chi connectivity index (χ4v) is 3.68. The van der Waals surface area contributed by atoms with Gasteiger partial charge >= 0.3 is 0 Å². The predicted octanol–water partition coefficient (Wildman–Crippen LogP) is 0.759. The molecule has 1 fully saturated rings. The van der Waals surface area contributed by atoms with Gasteiger partial charge in [0, 0.05) is 5.92 Å². The molecule has 1 amide bonds. The lowest BCUT2D eigenvalue weighted by Crippen LogP contribution is -3.15. The molecule has 0 radical (unpaired) electrons. The first-order valence-corrected chi connectivity index (χ1v) is 9.25. The van der Waals surface area contributed by atoms with E-state index in [0.29, 0.717) is 24.8 Å². The first-order chi connectivity index (χ1) is 12.3. The second kappa shape index (κ2) is 7.19. The van der Waals surface area contributed by atoms with Gasteiger partial charge in [-0.15, -0.1) is 5.10 Å². The molecule has 1 N–H and O–H groups in total. The first kappa shape index (κ1) is 18.6. The largest absolute Gasteiger partial charge is 0.459 e. The van der Waals surface area contributed by atoms with Gasteiger partial charge in [0.2, 0.25) is 5.82 Å². The predicted molar refractivity (Wildman–Crippen MR) is 95.7 cm³/mol. The van der Waals surface area contributed by atoms with Crippen molar-refractivity contribution in [3.05, 3.63) is 30.0 Å². The average Bonchev–Trinajstić information content (AvgIpc) is 3.26. The Hall–Kier alpha value is -2.22. The summed E-state index contributed by atoms with van der Waals surface area (Å²) in [5, 5.41) is 12.5. The maximum absolute atomic E-state index is 12.5. The summed E-state index contributed by atoms with van der Waals surface area (Å²) in [5.74, 6) is 1.69. The molecule has 142 valence electrons. The van der Waals surface area contributed by atoms with Crippen LogP contribution in [0.5, 0.6) is 0 Å². The molecule has 8 nitrogen and oxygen atoms in total. The Bertz CT molecular complexity index is 723. The molecule has 0 aromatic carbocycles. The molecule has 0 bridgehead atoms. The van der Waals surface area contributed by atoms with E-state index in [4.69, 9.17) is 4.42 Å². The van der Waals surface area contributed by atoms with Gasteiger partial charge in [0.15, 0.2) is 11.8 Å². The van der Waals surface area contributed by atoms with Crippen molar-refractivity contribution < 1.29 is 14.1 Å². The summed E-state index contributed by atoms with van der Waals surface area (Å²) in [6.45, 7) is 13.9. The number of quaternary nitrogens is 1. The highest BCUT2D eigenvalue weighted by Crippen LogP contribution is 2.22. The van der Waals surface area contributed by atoms with Crippen molar-refractivity contribution in [2.24, 2.45) is 5.92 Å². The fourth-order valence-electron chi connectivity index (χ4n) is 3.68. The van der Waals surface area contributed by atoms with Crippen LogP contribution in [-0.4, -0.2) is 57.2 Å². The number of nitrogens with zero attached hydrogens (tertiary/aromatic N) is 5. The van der Waals surface area contributed by atoms with Gasteiger partial charge in [0.1, 0.15) is 0 Å². The van der Waals surface area contributed by atoms with E-state index < -0.39 is 0 Å². The second-order valence-corrected chi connectivity index (χ2v) is 8.27. The number of tetrazole rings is 1. The second-order valence-electron chi connectivity index (χ2n) is 8.27. The molecule has 0 aliphatic carbocycles. The number of hydrogen-bond acceptors (Lipinski definition) is 5. The highest BCUT2D eigenvalue weighted by Gasteiger charge is 2.38. The maximum Gasteiger partial charge on any atom is 0.289 e. The van der Waals surface area contributed by atoms with Gasteiger partial charge in [0.05, 0.1) is 38.0 Å². The van der Waals surface area contributed by atoms with E-state index in [1.807, 2.05) is 9.58 Å². The van der Waals surface area contributed by atoms with Crippen LogP contribution in [0, 0.1) is 5.92 Å². The summed E-state index contributed by atoms with van der Waals surface area (Å²) < 4.78 is 7.18. The quantitative estimate of drug-likeness (QED) is 0.869. The zero-order chi connectivity index (χ0) is 18.9. The standard InChI is InChI=1S/C18H28N6O2/c1-13(2)15(16-19-20-21-24(16)18(3,4)5)22-8-10-23(11-9-22)17(25)14-7-6-12-26-14/h6-7,12-13,15H,8-11H2,1-5H3/p+1/t15-/m1/s1. The number of carbonyl (C=O) groups excluding carboxylic acids is 1. The molecule has 2 aromatic rings. The zero-order valence-corrected chi connectivity index (χ0v) is 16.3. The molecule has 3 rings (SSSR count). The van der Waals surface area contributed by atoms with Crippen LogP contribution >= 0.6 is 0 Å². The smallest absolute Gasteiger partial charge is 0.289 e. The number of piperazine rings is 1. The summed E-state index contributed by atoms with van der Waals surface area (Å²) in [5.41, 5.74) is -0.164. The monoisotopic (exact) mass is 361 g/mol. The number of aromatic nitrogens is 4. The number of carbonyl (C=O) groups is 1. The molecule has 1 atom stereocenters. The highest BCUT2D eigenvalue weighted by atomic mass is 16.3. The number of furan rings is 1. The lowest BCUT2D eigenvalue weighted by Gasteiger charge is -2.37. The third kappa shape index (κ3) is 3.65. The molecule has 0 saturated carbocycles. The summed E-state index contributed by atoms with van der Waals surface area (Å²) in [6, 6.07) is 3.66. The minimum atomic E-state index is -0.164. The van der Waals surface area contributed by atoms with Crippen molar-refractivity contribution in [3.63, 3.8) is 0 Å². The van der Waals surface area contributed by atoms with Crippen LogP contribution in [0.2, 0.25) is 0 Å². The molecule has 2 aromatic heterocycles. The van der Waals surface area contributed by atoms with Crippen LogP contribution in [-0.2, 0) is 5.54 Å². The van der Waals surface area contributed by atoms with Crippen molar-refractivity contribution in [1.29, 1.82) is 0 Å². The van der Waals surface area contributed by atoms with E-state index in [2.05, 4.69) is 50.1 Å². The summed E-state index contributed by atoms with van der Waals surface area (Å²) in [7, 11) is 0. The Morgan fingerprint density at radius 2 is 1.96 bits per heavy atom. The molecule has 0 spiro atoms. The van der Waals surface area contributed by atoms with Crippen molar-refractivity contribution in [2.45, 2.75) is 46.2 Å². The molecule has 1 aliphatic rings. The van der Waals surface area contributed by atoms with Crippen LogP contribution in [0.15, 0.2) is 22.8 Å². The molecule has 1 saturated heterocycles. The summed E-state index contributed by atoms with van der Waals surface area (Å²) in [4.78, 5) is 15.8. The van der Waals surface area contributed by atoms with Crippen LogP contribution < -0.4 is 4.90 Å². The van der Waals surface area contributed by atoms with Gasteiger partial charge in [-0.2, -0.15) is 0 Å². The van der Waals surface area contributed by atoms with Gasteiger partial charge in [0.25, 0.3) is 5.91 Å². The zero-order valence-electron chi connectivity index (χ0n) is 16.3. The normalized spacial score (nSPS) is 17.7. The molecule has 8 heteroatoms. The lowest BCUT2D eigenvalue weighted by molar-refractivity contribution is -0.940. The molecular weight excluding hydrogens is 332 g/mol. The number of rotatable bonds is 4. The highest BCUT2D eigenvalue weighted by molar-refractivity contribution is 5.91. The van der Waals surface area contributed by atoms with Crippen molar-refractivity contribution in [3.8, 4) is 0 Å². The summed E-state index contributed by atoms with van der Waals surface area (Å²) >= 11 is 0. The number of hydrogen-bond donors (Lipinski definition) is 1. The van der Waals surface area contributed by atoms with Crippen LogP contribution in [0.3, 0.4) is 0 Å². The van der Waals surface area contributed by atoms with E-state index in [9.17, 15) is 4.79 Å². The Balaban J connectivity index is 1.74. The third-order valence-electron chi connectivity index (χ3n) is 4.94. The van der Waals surface area contributed by atoms with Crippen molar-refractivity contribution >= 4 is 5.91 Å². The van der Waals surface area contributed by atoms with Gasteiger partial charge in [-0.25, -0.2) is 4.68 Å². The van der Waals surface area contributed by atoms with Crippen LogP contribution in [0.4, 0.5) is 0 Å². The minimum absolute atomic E-state index is 0.0327. The first-order valence-electron chi connectivity index (χ1n) is 9.25. The SMILES string of the molecule is CC(C)[C@H](c1nnnn1C(C)(C)C)[NH+]1CCN(C(=O)c2ccco2)CC1. The Labute approximate surface area is 154 Å². The third-order valence-corrected chi connectivity index (χ3v) is 4.94. The molecule has 0 unspecified atom stereocenters. The van der Waals surface area contributed by atoms with Gasteiger partial charge < -0.3 is 14.2 Å². The average molecular weight is 361 g/mol. The van der Waals surface area contributed by atoms with E-state index in [1.165, 1.54) is 11.2 Å². The van der Waals surface area contributed by atoms with E-state index in [-0.39, 0.29) is 17.5 Å².